The number of halogens is 4. The summed E-state index contributed by atoms with van der Waals surface area (Å²) in [5.74, 6) is -3.11. The second-order valence-electron chi connectivity index (χ2n) is 4.72. The molecule has 0 bridgehead atoms. The number of hydrogen-bond donors (Lipinski definition) is 2. The van der Waals surface area contributed by atoms with Crippen molar-refractivity contribution >= 4 is 29.3 Å². The fraction of sp³-hybridized carbons (Fsp3) is 0.133. The highest BCUT2D eigenvalue weighted by atomic mass is 32.2. The molecule has 10 heteroatoms. The van der Waals surface area contributed by atoms with Gasteiger partial charge in [-0.05, 0) is 30.3 Å². The Morgan fingerprint density at radius 1 is 1.20 bits per heavy atom. The maximum Gasteiger partial charge on any atom is 0.416 e. The number of nitrogens with one attached hydrogen (secondary N) is 1. The second-order valence-corrected chi connectivity index (χ2v) is 5.72. The highest BCUT2D eigenvalue weighted by molar-refractivity contribution is 7.99. The SMILES string of the molecule is O=C(CSc1ccc(C(=O)O)cn1)Nc1cc(C(F)(F)F)ccc1F. The predicted octanol–water partition coefficient (Wildman–Crippen LogP) is 3.67. The third-order valence-electron chi connectivity index (χ3n) is 2.90. The van der Waals surface area contributed by atoms with E-state index in [9.17, 15) is 27.2 Å². The summed E-state index contributed by atoms with van der Waals surface area (Å²) in [5, 5.41) is 11.1. The Balaban J connectivity index is 1.99. The van der Waals surface area contributed by atoms with Gasteiger partial charge in [0.2, 0.25) is 5.91 Å². The van der Waals surface area contributed by atoms with E-state index >= 15 is 0 Å². The number of amides is 1. The fourth-order valence-corrected chi connectivity index (χ4v) is 2.36. The predicted molar refractivity (Wildman–Crippen MR) is 82.0 cm³/mol. The van der Waals surface area contributed by atoms with Crippen LogP contribution in [0.25, 0.3) is 0 Å². The van der Waals surface area contributed by atoms with Crippen molar-refractivity contribution in [3.05, 3.63) is 53.5 Å². The topological polar surface area (TPSA) is 79.3 Å². The number of alkyl halides is 3. The van der Waals surface area contributed by atoms with E-state index in [1.54, 1.807) is 0 Å². The summed E-state index contributed by atoms with van der Waals surface area (Å²) in [6.45, 7) is 0. The van der Waals surface area contributed by atoms with Crippen molar-refractivity contribution in [2.45, 2.75) is 11.2 Å². The third-order valence-corrected chi connectivity index (χ3v) is 3.85. The number of aromatic carboxylic acids is 1. The lowest BCUT2D eigenvalue weighted by Crippen LogP contribution is -2.16. The number of carbonyl (C=O) groups excluding carboxylic acids is 1. The van der Waals surface area contributed by atoms with Crippen molar-refractivity contribution in [3.63, 3.8) is 0 Å². The summed E-state index contributed by atoms with van der Waals surface area (Å²) in [5.41, 5.74) is -1.68. The number of aromatic nitrogens is 1. The highest BCUT2D eigenvalue weighted by Crippen LogP contribution is 2.31. The van der Waals surface area contributed by atoms with Gasteiger partial charge in [-0.15, -0.1) is 0 Å². The number of rotatable bonds is 5. The maximum atomic E-state index is 13.5. The van der Waals surface area contributed by atoms with Crippen molar-refractivity contribution in [2.75, 3.05) is 11.1 Å². The molecule has 0 radical (unpaired) electrons. The van der Waals surface area contributed by atoms with E-state index in [0.717, 1.165) is 18.0 Å². The van der Waals surface area contributed by atoms with E-state index in [-0.39, 0.29) is 11.3 Å². The van der Waals surface area contributed by atoms with Crippen LogP contribution >= 0.6 is 11.8 Å². The zero-order valence-electron chi connectivity index (χ0n) is 12.3. The van der Waals surface area contributed by atoms with E-state index < -0.39 is 35.1 Å². The molecule has 25 heavy (non-hydrogen) atoms. The van der Waals surface area contributed by atoms with Gasteiger partial charge in [0.1, 0.15) is 5.82 Å². The largest absolute Gasteiger partial charge is 0.478 e. The summed E-state index contributed by atoms with van der Waals surface area (Å²) in [6, 6.07) is 4.39. The van der Waals surface area contributed by atoms with Crippen LogP contribution < -0.4 is 5.32 Å². The highest BCUT2D eigenvalue weighted by Gasteiger charge is 2.31. The van der Waals surface area contributed by atoms with Crippen LogP contribution in [0.2, 0.25) is 0 Å². The molecule has 1 amide bonds. The van der Waals surface area contributed by atoms with Gasteiger partial charge >= 0.3 is 12.1 Å². The fourth-order valence-electron chi connectivity index (χ4n) is 1.72. The lowest BCUT2D eigenvalue weighted by molar-refractivity contribution is -0.137. The standard InChI is InChI=1S/C15H10F4N2O3S/c16-10-3-2-9(15(17,18)19)5-11(10)21-12(22)7-25-13-4-1-8(6-20-13)14(23)24/h1-6H,7H2,(H,21,22)(H,23,24). The minimum Gasteiger partial charge on any atom is -0.478 e. The molecule has 1 heterocycles. The Bertz CT molecular complexity index is 794. The van der Waals surface area contributed by atoms with E-state index in [0.29, 0.717) is 23.2 Å². The number of carboxylic acid groups (broad SMARTS) is 1. The van der Waals surface area contributed by atoms with Crippen LogP contribution in [0.5, 0.6) is 0 Å². The Morgan fingerprint density at radius 3 is 2.48 bits per heavy atom. The van der Waals surface area contributed by atoms with Crippen molar-refractivity contribution in [1.29, 1.82) is 0 Å². The van der Waals surface area contributed by atoms with Crippen LogP contribution in [0.3, 0.4) is 0 Å². The molecule has 1 aromatic carbocycles. The number of nitrogens with zero attached hydrogens (tertiary/aromatic N) is 1. The number of thioether (sulfide) groups is 1. The number of carboxylic acids is 1. The first-order chi connectivity index (χ1) is 11.7. The smallest absolute Gasteiger partial charge is 0.416 e. The van der Waals surface area contributed by atoms with E-state index in [4.69, 9.17) is 5.11 Å². The van der Waals surface area contributed by atoms with Crippen molar-refractivity contribution in [3.8, 4) is 0 Å². The molecule has 0 spiro atoms. The third kappa shape index (κ3) is 5.18. The Kier molecular flexibility index (Phi) is 5.62. The Hall–Kier alpha value is -2.62. The van der Waals surface area contributed by atoms with Gasteiger partial charge < -0.3 is 10.4 Å². The molecule has 5 nitrogen and oxygen atoms in total. The molecular formula is C15H10F4N2O3S. The average molecular weight is 374 g/mol. The lowest BCUT2D eigenvalue weighted by atomic mass is 10.2. The van der Waals surface area contributed by atoms with Gasteiger partial charge in [-0.25, -0.2) is 14.2 Å². The van der Waals surface area contributed by atoms with Gasteiger partial charge in [-0.3, -0.25) is 4.79 Å². The van der Waals surface area contributed by atoms with Crippen molar-refractivity contribution in [1.82, 2.24) is 4.98 Å². The molecule has 0 aliphatic heterocycles. The van der Waals surface area contributed by atoms with Gasteiger partial charge in [0.15, 0.2) is 0 Å². The summed E-state index contributed by atoms with van der Waals surface area (Å²) < 4.78 is 51.4. The zero-order valence-corrected chi connectivity index (χ0v) is 13.1. The van der Waals surface area contributed by atoms with Crippen molar-refractivity contribution in [2.24, 2.45) is 0 Å². The van der Waals surface area contributed by atoms with Crippen LogP contribution in [0.1, 0.15) is 15.9 Å². The van der Waals surface area contributed by atoms with E-state index in [1.807, 2.05) is 0 Å². The summed E-state index contributed by atoms with van der Waals surface area (Å²) >= 11 is 0.923. The summed E-state index contributed by atoms with van der Waals surface area (Å²) in [7, 11) is 0. The molecule has 0 fully saturated rings. The molecule has 2 N–H and O–H groups in total. The monoisotopic (exact) mass is 374 g/mol. The van der Waals surface area contributed by atoms with E-state index in [1.165, 1.54) is 12.1 Å². The van der Waals surface area contributed by atoms with Crippen LogP contribution in [-0.2, 0) is 11.0 Å². The first kappa shape index (κ1) is 18.7. The molecule has 0 aliphatic rings. The second kappa shape index (κ2) is 7.51. The molecule has 0 saturated heterocycles. The van der Waals surface area contributed by atoms with Gasteiger partial charge in [-0.2, -0.15) is 13.2 Å². The molecule has 0 saturated carbocycles. The molecule has 132 valence electrons. The van der Waals surface area contributed by atoms with Crippen LogP contribution in [-0.4, -0.2) is 27.7 Å². The number of benzene rings is 1. The van der Waals surface area contributed by atoms with Crippen LogP contribution in [0.4, 0.5) is 23.2 Å². The van der Waals surface area contributed by atoms with E-state index in [2.05, 4.69) is 10.3 Å². The minimum atomic E-state index is -4.66. The average Bonchev–Trinajstić information content (AvgIpc) is 2.54. The molecule has 0 unspecified atom stereocenters. The first-order valence-corrected chi connectivity index (χ1v) is 7.64. The molecule has 2 rings (SSSR count). The van der Waals surface area contributed by atoms with Crippen molar-refractivity contribution < 1.29 is 32.3 Å². The quantitative estimate of drug-likeness (QED) is 0.617. The molecule has 0 atom stereocenters. The Labute approximate surface area is 143 Å². The Morgan fingerprint density at radius 2 is 1.92 bits per heavy atom. The number of carbonyl (C=O) groups is 2. The van der Waals surface area contributed by atoms with Gasteiger partial charge in [0, 0.05) is 6.20 Å². The maximum absolute atomic E-state index is 13.5. The number of hydrogen-bond acceptors (Lipinski definition) is 4. The first-order valence-electron chi connectivity index (χ1n) is 6.65. The molecule has 2 aromatic rings. The van der Waals surface area contributed by atoms with Gasteiger partial charge in [0.05, 0.1) is 27.6 Å². The minimum absolute atomic E-state index is 0.0279. The summed E-state index contributed by atoms with van der Waals surface area (Å²) in [6.07, 6.45) is -3.55. The summed E-state index contributed by atoms with van der Waals surface area (Å²) in [4.78, 5) is 26.3. The molecule has 1 aromatic heterocycles. The van der Waals surface area contributed by atoms with Gasteiger partial charge in [0.25, 0.3) is 0 Å². The van der Waals surface area contributed by atoms with Gasteiger partial charge in [-0.1, -0.05) is 11.8 Å². The lowest BCUT2D eigenvalue weighted by Gasteiger charge is -2.10. The molecule has 0 aliphatic carbocycles. The molecular weight excluding hydrogens is 364 g/mol. The number of pyridine rings is 1. The number of anilines is 1. The van der Waals surface area contributed by atoms with Crippen LogP contribution in [0.15, 0.2) is 41.6 Å². The zero-order chi connectivity index (χ0) is 18.6. The normalized spacial score (nSPS) is 11.2. The van der Waals surface area contributed by atoms with Crippen LogP contribution in [0, 0.1) is 5.82 Å².